The van der Waals surface area contributed by atoms with Crippen LogP contribution in [0.1, 0.15) is 19.8 Å². The first-order chi connectivity index (χ1) is 6.98. The van der Waals surface area contributed by atoms with E-state index in [9.17, 15) is 8.42 Å². The summed E-state index contributed by atoms with van der Waals surface area (Å²) in [5, 5.41) is -0.675. The molecular formula is C9H17BrN2O3S. The molecule has 0 aliphatic carbocycles. The fourth-order valence-electron chi connectivity index (χ4n) is 0.717. The Labute approximate surface area is 107 Å². The van der Waals surface area contributed by atoms with Gasteiger partial charge in [-0.2, -0.15) is 8.42 Å². The third kappa shape index (κ3) is 9.88. The lowest BCUT2D eigenvalue weighted by Crippen LogP contribution is -2.15. The normalized spacial score (nSPS) is 11.6. The molecule has 0 aliphatic rings. The van der Waals surface area contributed by atoms with Crippen molar-refractivity contribution in [3.8, 4) is 0 Å². The van der Waals surface area contributed by atoms with E-state index < -0.39 is 15.4 Å². The predicted molar refractivity (Wildman–Crippen MR) is 69.4 cm³/mol. The number of rotatable bonds is 4. The maximum Gasteiger partial charge on any atom is 0.267 e. The number of imidazole rings is 1. The monoisotopic (exact) mass is 312 g/mol. The minimum Gasteiger partial charge on any atom is -0.351 e. The number of aromatic nitrogens is 2. The number of aromatic amines is 1. The van der Waals surface area contributed by atoms with Crippen LogP contribution >= 0.6 is 17.0 Å². The Morgan fingerprint density at radius 2 is 2.25 bits per heavy atom. The lowest BCUT2D eigenvalue weighted by Gasteiger charge is -2.03. The summed E-state index contributed by atoms with van der Waals surface area (Å²) in [5.74, 6) is 0. The molecule has 1 aromatic rings. The highest BCUT2D eigenvalue weighted by atomic mass is 79.9. The van der Waals surface area contributed by atoms with Crippen molar-refractivity contribution in [2.24, 2.45) is 0 Å². The lowest BCUT2D eigenvalue weighted by molar-refractivity contribution is 0.466. The average molecular weight is 313 g/mol. The van der Waals surface area contributed by atoms with Crippen molar-refractivity contribution in [1.82, 2.24) is 9.97 Å². The molecule has 0 aliphatic heterocycles. The molecule has 1 atom stereocenters. The van der Waals surface area contributed by atoms with Crippen LogP contribution in [-0.2, 0) is 10.1 Å². The number of hydrogen-bond acceptors (Lipinski definition) is 3. The molecule has 0 aromatic carbocycles. The van der Waals surface area contributed by atoms with E-state index >= 15 is 0 Å². The van der Waals surface area contributed by atoms with Gasteiger partial charge in [-0.3, -0.25) is 4.55 Å². The van der Waals surface area contributed by atoms with Gasteiger partial charge in [0.2, 0.25) is 0 Å². The highest BCUT2D eigenvalue weighted by molar-refractivity contribution is 8.93. The van der Waals surface area contributed by atoms with E-state index in [1.165, 1.54) is 6.92 Å². The number of halogens is 1. The van der Waals surface area contributed by atoms with Crippen LogP contribution in [0.2, 0.25) is 0 Å². The van der Waals surface area contributed by atoms with Crippen LogP contribution in [0.15, 0.2) is 31.4 Å². The van der Waals surface area contributed by atoms with E-state index in [-0.39, 0.29) is 17.0 Å². The van der Waals surface area contributed by atoms with Crippen LogP contribution in [-0.4, -0.2) is 28.2 Å². The summed E-state index contributed by atoms with van der Waals surface area (Å²) in [5.41, 5.74) is 0. The third-order valence-corrected chi connectivity index (χ3v) is 2.94. The van der Waals surface area contributed by atoms with Crippen molar-refractivity contribution in [1.29, 1.82) is 0 Å². The van der Waals surface area contributed by atoms with E-state index in [0.29, 0.717) is 12.8 Å². The van der Waals surface area contributed by atoms with Gasteiger partial charge in [0.05, 0.1) is 11.6 Å². The molecule has 0 spiro atoms. The van der Waals surface area contributed by atoms with E-state index in [0.717, 1.165) is 0 Å². The van der Waals surface area contributed by atoms with Crippen LogP contribution in [0.3, 0.4) is 0 Å². The highest BCUT2D eigenvalue weighted by Crippen LogP contribution is 2.05. The molecule has 0 amide bonds. The summed E-state index contributed by atoms with van der Waals surface area (Å²) < 4.78 is 29.2. The maximum absolute atomic E-state index is 10.4. The smallest absolute Gasteiger partial charge is 0.267 e. The van der Waals surface area contributed by atoms with Gasteiger partial charge in [-0.25, -0.2) is 4.98 Å². The molecule has 2 N–H and O–H groups in total. The quantitative estimate of drug-likeness (QED) is 0.659. The van der Waals surface area contributed by atoms with Crippen molar-refractivity contribution >= 4 is 27.1 Å². The van der Waals surface area contributed by atoms with Gasteiger partial charge in [0.15, 0.2) is 0 Å². The Morgan fingerprint density at radius 1 is 1.62 bits per heavy atom. The second kappa shape index (κ2) is 9.56. The number of hydrogen-bond donors (Lipinski definition) is 2. The number of allylic oxidation sites excluding steroid dienone is 1. The number of H-pyrrole nitrogens is 1. The largest absolute Gasteiger partial charge is 0.351 e. The van der Waals surface area contributed by atoms with Crippen molar-refractivity contribution in [2.45, 2.75) is 25.0 Å². The zero-order valence-corrected chi connectivity index (χ0v) is 11.6. The first-order valence-electron chi connectivity index (χ1n) is 4.48. The predicted octanol–water partition coefficient (Wildman–Crippen LogP) is 2.22. The Kier molecular flexibility index (Phi) is 10.6. The number of nitrogens with one attached hydrogen (secondary N) is 1. The van der Waals surface area contributed by atoms with Crippen LogP contribution in [0, 0.1) is 0 Å². The first-order valence-corrected chi connectivity index (χ1v) is 5.98. The molecule has 16 heavy (non-hydrogen) atoms. The zero-order chi connectivity index (χ0) is 11.7. The fourth-order valence-corrected chi connectivity index (χ4v) is 1.15. The van der Waals surface area contributed by atoms with Gasteiger partial charge in [-0.1, -0.05) is 6.08 Å². The Balaban J connectivity index is 0. The van der Waals surface area contributed by atoms with Crippen LogP contribution in [0.5, 0.6) is 0 Å². The summed E-state index contributed by atoms with van der Waals surface area (Å²) in [6.07, 6.45) is 7.75. The minimum absolute atomic E-state index is 0. The molecule has 1 unspecified atom stereocenters. The number of nitrogens with zero attached hydrogens (tertiary/aromatic N) is 1. The van der Waals surface area contributed by atoms with Gasteiger partial charge >= 0.3 is 0 Å². The van der Waals surface area contributed by atoms with Crippen molar-refractivity contribution in [2.75, 3.05) is 0 Å². The first kappa shape index (κ1) is 17.7. The summed E-state index contributed by atoms with van der Waals surface area (Å²) in [6.45, 7) is 4.91. The van der Waals surface area contributed by atoms with E-state index in [2.05, 4.69) is 16.5 Å². The van der Waals surface area contributed by atoms with E-state index in [4.69, 9.17) is 4.55 Å². The average Bonchev–Trinajstić information content (AvgIpc) is 2.70. The summed E-state index contributed by atoms with van der Waals surface area (Å²) >= 11 is 0. The molecule has 1 rings (SSSR count). The van der Waals surface area contributed by atoms with Crippen LogP contribution in [0.4, 0.5) is 0 Å². The Hall–Kier alpha value is -0.660. The lowest BCUT2D eigenvalue weighted by atomic mass is 10.2. The van der Waals surface area contributed by atoms with E-state index in [1.807, 2.05) is 0 Å². The standard InChI is InChI=1S/C6H12O3S.C3H4N2.BrH/c1-3-4-5-6(2)10(7,8)9;1-2-5-3-4-1;/h3,6H,1,4-5H2,2H3,(H,7,8,9);1-3H,(H,4,5);1H. The van der Waals surface area contributed by atoms with Crippen molar-refractivity contribution < 1.29 is 13.0 Å². The second-order valence-electron chi connectivity index (χ2n) is 2.95. The molecule has 0 saturated heterocycles. The van der Waals surface area contributed by atoms with E-state index in [1.54, 1.807) is 24.8 Å². The molecule has 0 saturated carbocycles. The molecule has 0 bridgehead atoms. The molecule has 94 valence electrons. The maximum atomic E-state index is 10.4. The minimum atomic E-state index is -3.82. The molecule has 1 heterocycles. The summed E-state index contributed by atoms with van der Waals surface area (Å²) in [7, 11) is -3.82. The molecule has 0 fully saturated rings. The fraction of sp³-hybridized carbons (Fsp3) is 0.444. The molecular weight excluding hydrogens is 296 g/mol. The second-order valence-corrected chi connectivity index (χ2v) is 4.79. The summed E-state index contributed by atoms with van der Waals surface area (Å²) in [6, 6.07) is 0. The van der Waals surface area contributed by atoms with Crippen LogP contribution in [0.25, 0.3) is 0 Å². The van der Waals surface area contributed by atoms with Gasteiger partial charge in [0, 0.05) is 12.4 Å². The SMILES string of the molecule is Br.C=CCCC(C)S(=O)(=O)O.c1c[nH]cn1. The highest BCUT2D eigenvalue weighted by Gasteiger charge is 2.15. The molecule has 1 aromatic heterocycles. The third-order valence-electron chi connectivity index (χ3n) is 1.69. The summed E-state index contributed by atoms with van der Waals surface area (Å²) in [4.78, 5) is 6.42. The van der Waals surface area contributed by atoms with Crippen molar-refractivity contribution in [3.05, 3.63) is 31.4 Å². The van der Waals surface area contributed by atoms with Gasteiger partial charge in [0.25, 0.3) is 10.1 Å². The molecule has 7 heteroatoms. The molecule has 0 radical (unpaired) electrons. The van der Waals surface area contributed by atoms with Gasteiger partial charge in [-0.05, 0) is 19.8 Å². The van der Waals surface area contributed by atoms with Gasteiger partial charge < -0.3 is 4.98 Å². The molecule has 5 nitrogen and oxygen atoms in total. The Morgan fingerprint density at radius 3 is 2.50 bits per heavy atom. The van der Waals surface area contributed by atoms with Crippen molar-refractivity contribution in [3.63, 3.8) is 0 Å². The van der Waals surface area contributed by atoms with Gasteiger partial charge in [-0.15, -0.1) is 23.6 Å². The van der Waals surface area contributed by atoms with Gasteiger partial charge in [0.1, 0.15) is 0 Å². The van der Waals surface area contributed by atoms with Crippen LogP contribution < -0.4 is 0 Å². The topological polar surface area (TPSA) is 83.0 Å². The Bertz CT molecular complexity index is 334. The zero-order valence-electron chi connectivity index (χ0n) is 9.04.